The first-order valence-electron chi connectivity index (χ1n) is 13.2. The molecule has 0 aliphatic heterocycles. The topological polar surface area (TPSA) is 114 Å². The second-order valence-electron chi connectivity index (χ2n) is 9.43. The SMILES string of the molecule is CCNC(=O)C(C)N(Cc1cccc(C)c1)C(=O)CN(c1cc(Cl)ccc1OC)S(=O)(=O)c1ccc(OC)c(OC)c1. The van der Waals surface area contributed by atoms with Crippen LogP contribution in [-0.4, -0.2) is 65.6 Å². The molecule has 1 atom stereocenters. The maximum absolute atomic E-state index is 14.2. The van der Waals surface area contributed by atoms with E-state index < -0.39 is 28.5 Å². The number of nitrogens with zero attached hydrogens (tertiary/aromatic N) is 2. The molecule has 42 heavy (non-hydrogen) atoms. The zero-order chi connectivity index (χ0) is 31.0. The number of amides is 2. The predicted molar refractivity (Wildman–Crippen MR) is 162 cm³/mol. The summed E-state index contributed by atoms with van der Waals surface area (Å²) < 4.78 is 45.4. The van der Waals surface area contributed by atoms with Crippen molar-refractivity contribution in [3.63, 3.8) is 0 Å². The van der Waals surface area contributed by atoms with Gasteiger partial charge in [0.25, 0.3) is 10.0 Å². The lowest BCUT2D eigenvalue weighted by Crippen LogP contribution is -2.51. The van der Waals surface area contributed by atoms with Gasteiger partial charge in [0.1, 0.15) is 18.3 Å². The molecule has 226 valence electrons. The third-order valence-electron chi connectivity index (χ3n) is 6.59. The number of sulfonamides is 1. The van der Waals surface area contributed by atoms with Crippen LogP contribution in [0.4, 0.5) is 5.69 Å². The van der Waals surface area contributed by atoms with E-state index in [1.807, 2.05) is 31.2 Å². The highest BCUT2D eigenvalue weighted by molar-refractivity contribution is 7.92. The normalized spacial score (nSPS) is 11.8. The fourth-order valence-electron chi connectivity index (χ4n) is 4.39. The molecule has 0 aliphatic carbocycles. The number of rotatable bonds is 13. The summed E-state index contributed by atoms with van der Waals surface area (Å²) in [4.78, 5) is 28.2. The summed E-state index contributed by atoms with van der Waals surface area (Å²) in [5, 5.41) is 2.97. The summed E-state index contributed by atoms with van der Waals surface area (Å²) in [6.07, 6.45) is 0. The van der Waals surface area contributed by atoms with Gasteiger partial charge in [-0.15, -0.1) is 0 Å². The molecular weight excluding hydrogens is 582 g/mol. The number of ether oxygens (including phenoxy) is 3. The monoisotopic (exact) mass is 617 g/mol. The molecule has 0 spiro atoms. The third kappa shape index (κ3) is 7.46. The Morgan fingerprint density at radius 3 is 2.21 bits per heavy atom. The molecule has 3 aromatic rings. The number of benzene rings is 3. The zero-order valence-electron chi connectivity index (χ0n) is 24.5. The molecule has 0 fully saturated rings. The van der Waals surface area contributed by atoms with Crippen molar-refractivity contribution in [2.75, 3.05) is 38.7 Å². The molecule has 0 aliphatic rings. The highest BCUT2D eigenvalue weighted by atomic mass is 35.5. The Balaban J connectivity index is 2.15. The highest BCUT2D eigenvalue weighted by Crippen LogP contribution is 2.37. The lowest BCUT2D eigenvalue weighted by molar-refractivity contribution is -0.139. The molecule has 0 saturated carbocycles. The van der Waals surface area contributed by atoms with Crippen LogP contribution in [0.3, 0.4) is 0 Å². The number of anilines is 1. The number of hydrogen-bond donors (Lipinski definition) is 1. The Hall–Kier alpha value is -3.96. The number of carbonyl (C=O) groups excluding carboxylic acids is 2. The molecule has 0 bridgehead atoms. The molecule has 10 nitrogen and oxygen atoms in total. The van der Waals surface area contributed by atoms with E-state index in [2.05, 4.69) is 5.32 Å². The van der Waals surface area contributed by atoms with Crippen molar-refractivity contribution in [2.24, 2.45) is 0 Å². The molecule has 1 N–H and O–H groups in total. The maximum atomic E-state index is 14.2. The summed E-state index contributed by atoms with van der Waals surface area (Å²) in [6, 6.07) is 15.2. The van der Waals surface area contributed by atoms with Crippen LogP contribution in [0.15, 0.2) is 65.6 Å². The number of likely N-dealkylation sites (N-methyl/N-ethyl adjacent to an activating group) is 1. The van der Waals surface area contributed by atoms with E-state index in [4.69, 9.17) is 25.8 Å². The molecule has 12 heteroatoms. The lowest BCUT2D eigenvalue weighted by Gasteiger charge is -2.32. The van der Waals surface area contributed by atoms with Gasteiger partial charge in [0.05, 0.1) is 31.9 Å². The average Bonchev–Trinajstić information content (AvgIpc) is 2.97. The number of halogens is 1. The molecule has 0 heterocycles. The fourth-order valence-corrected chi connectivity index (χ4v) is 5.99. The first-order valence-corrected chi connectivity index (χ1v) is 15.0. The maximum Gasteiger partial charge on any atom is 0.265 e. The molecule has 2 amide bonds. The Bertz CT molecular complexity index is 1530. The van der Waals surface area contributed by atoms with Crippen LogP contribution in [0, 0.1) is 6.92 Å². The summed E-state index contributed by atoms with van der Waals surface area (Å²) in [5.41, 5.74) is 1.82. The number of carbonyl (C=O) groups is 2. The highest BCUT2D eigenvalue weighted by Gasteiger charge is 2.34. The molecule has 1 unspecified atom stereocenters. The van der Waals surface area contributed by atoms with Gasteiger partial charge < -0.3 is 24.4 Å². The van der Waals surface area contributed by atoms with Gasteiger partial charge in [-0.3, -0.25) is 13.9 Å². The van der Waals surface area contributed by atoms with Gasteiger partial charge in [0.2, 0.25) is 11.8 Å². The number of methoxy groups -OCH3 is 3. The van der Waals surface area contributed by atoms with Crippen LogP contribution >= 0.6 is 11.6 Å². The van der Waals surface area contributed by atoms with E-state index in [1.165, 1.54) is 56.6 Å². The van der Waals surface area contributed by atoms with E-state index in [9.17, 15) is 18.0 Å². The van der Waals surface area contributed by atoms with Crippen LogP contribution in [0.5, 0.6) is 17.2 Å². The summed E-state index contributed by atoms with van der Waals surface area (Å²) in [7, 11) is -0.201. The standard InChI is InChI=1S/C30H36ClN3O7S/c1-7-32-30(36)21(3)33(18-22-10-8-9-20(2)15-22)29(35)19-34(25-16-23(31)11-13-26(25)39-4)42(37,38)24-12-14-27(40-5)28(17-24)41-6/h8-17,21H,7,18-19H2,1-6H3,(H,32,36). The van der Waals surface area contributed by atoms with Gasteiger partial charge in [-0.25, -0.2) is 8.42 Å². The third-order valence-corrected chi connectivity index (χ3v) is 8.58. The Morgan fingerprint density at radius 2 is 1.60 bits per heavy atom. The number of hydrogen-bond acceptors (Lipinski definition) is 7. The predicted octanol–water partition coefficient (Wildman–Crippen LogP) is 4.42. The minimum absolute atomic E-state index is 0.0503. The number of aryl methyl sites for hydroxylation is 1. The van der Waals surface area contributed by atoms with E-state index in [1.54, 1.807) is 19.9 Å². The zero-order valence-corrected chi connectivity index (χ0v) is 26.1. The first kappa shape index (κ1) is 32.6. The first-order chi connectivity index (χ1) is 20.0. The van der Waals surface area contributed by atoms with Crippen LogP contribution in [0.2, 0.25) is 5.02 Å². The van der Waals surface area contributed by atoms with E-state index in [0.29, 0.717) is 12.3 Å². The van der Waals surface area contributed by atoms with Crippen LogP contribution in [0.1, 0.15) is 25.0 Å². The summed E-state index contributed by atoms with van der Waals surface area (Å²) >= 11 is 6.29. The molecule has 3 rings (SSSR count). The fraction of sp³-hybridized carbons (Fsp3) is 0.333. The molecule has 3 aromatic carbocycles. The van der Waals surface area contributed by atoms with Crippen molar-refractivity contribution in [3.8, 4) is 17.2 Å². The van der Waals surface area contributed by atoms with Crippen molar-refractivity contribution >= 4 is 39.1 Å². The summed E-state index contributed by atoms with van der Waals surface area (Å²) in [5.74, 6) is -0.277. The summed E-state index contributed by atoms with van der Waals surface area (Å²) in [6.45, 7) is 5.10. The molecule has 0 radical (unpaired) electrons. The minimum Gasteiger partial charge on any atom is -0.495 e. The Kier molecular flexibility index (Phi) is 11.1. The van der Waals surface area contributed by atoms with Gasteiger partial charge in [0, 0.05) is 24.2 Å². The van der Waals surface area contributed by atoms with Crippen molar-refractivity contribution in [2.45, 2.75) is 38.3 Å². The van der Waals surface area contributed by atoms with E-state index in [0.717, 1.165) is 15.4 Å². The Labute approximate surface area is 252 Å². The van der Waals surface area contributed by atoms with Crippen molar-refractivity contribution < 1.29 is 32.2 Å². The lowest BCUT2D eigenvalue weighted by atomic mass is 10.1. The van der Waals surface area contributed by atoms with Gasteiger partial charge in [-0.05, 0) is 56.7 Å². The van der Waals surface area contributed by atoms with Gasteiger partial charge in [-0.1, -0.05) is 41.4 Å². The van der Waals surface area contributed by atoms with Crippen molar-refractivity contribution in [1.29, 1.82) is 0 Å². The van der Waals surface area contributed by atoms with Gasteiger partial charge >= 0.3 is 0 Å². The second-order valence-corrected chi connectivity index (χ2v) is 11.7. The Morgan fingerprint density at radius 1 is 0.929 bits per heavy atom. The van der Waals surface area contributed by atoms with Crippen molar-refractivity contribution in [1.82, 2.24) is 10.2 Å². The molecule has 0 aromatic heterocycles. The van der Waals surface area contributed by atoms with Crippen LogP contribution in [0.25, 0.3) is 0 Å². The quantitative estimate of drug-likeness (QED) is 0.302. The van der Waals surface area contributed by atoms with Gasteiger partial charge in [-0.2, -0.15) is 0 Å². The van der Waals surface area contributed by atoms with Crippen molar-refractivity contribution in [3.05, 3.63) is 76.8 Å². The van der Waals surface area contributed by atoms with Crippen LogP contribution < -0.4 is 23.8 Å². The van der Waals surface area contributed by atoms with Crippen LogP contribution in [-0.2, 0) is 26.2 Å². The smallest absolute Gasteiger partial charge is 0.265 e. The average molecular weight is 618 g/mol. The second kappa shape index (κ2) is 14.3. The van der Waals surface area contributed by atoms with Gasteiger partial charge in [0.15, 0.2) is 11.5 Å². The minimum atomic E-state index is -4.41. The molecular formula is C30H36ClN3O7S. The largest absolute Gasteiger partial charge is 0.495 e. The van der Waals surface area contributed by atoms with E-state index >= 15 is 0 Å². The molecule has 0 saturated heterocycles. The number of nitrogens with one attached hydrogen (secondary N) is 1. The van der Waals surface area contributed by atoms with E-state index in [-0.39, 0.29) is 39.6 Å².